The van der Waals surface area contributed by atoms with Crippen molar-refractivity contribution in [3.05, 3.63) is 75.6 Å². The smallest absolute Gasteiger partial charge is 0.261 e. The zero-order valence-corrected chi connectivity index (χ0v) is 14.4. The molecule has 4 rings (SSSR count). The molecule has 5 nitrogen and oxygen atoms in total. The minimum atomic E-state index is -0.330. The van der Waals surface area contributed by atoms with Gasteiger partial charge in [-0.15, -0.1) is 0 Å². The first kappa shape index (κ1) is 17.0. The molecular weight excluding hydrogens is 345 g/mol. The van der Waals surface area contributed by atoms with Crippen LogP contribution in [0.1, 0.15) is 29.8 Å². The number of oxime groups is 1. The molecule has 1 N–H and O–H groups in total. The van der Waals surface area contributed by atoms with E-state index in [2.05, 4.69) is 22.0 Å². The molecule has 0 unspecified atom stereocenters. The van der Waals surface area contributed by atoms with E-state index in [4.69, 9.17) is 5.21 Å². The second-order valence-corrected chi connectivity index (χ2v) is 6.39. The van der Waals surface area contributed by atoms with E-state index in [0.29, 0.717) is 59.4 Å². The molecule has 0 fully saturated rings. The molecule has 134 valence electrons. The van der Waals surface area contributed by atoms with Gasteiger partial charge in [-0.25, -0.2) is 9.37 Å². The van der Waals surface area contributed by atoms with Crippen molar-refractivity contribution in [2.24, 2.45) is 5.16 Å². The van der Waals surface area contributed by atoms with Crippen molar-refractivity contribution < 1.29 is 9.60 Å². The topological polar surface area (TPSA) is 67.5 Å². The molecule has 6 heteroatoms. The Labute approximate surface area is 154 Å². The number of benzene rings is 2. The zero-order chi connectivity index (χ0) is 18.8. The van der Waals surface area contributed by atoms with Gasteiger partial charge in [0, 0.05) is 30.5 Å². The zero-order valence-electron chi connectivity index (χ0n) is 14.4. The van der Waals surface area contributed by atoms with Gasteiger partial charge < -0.3 is 5.21 Å². The maximum absolute atomic E-state index is 13.3. The van der Waals surface area contributed by atoms with Crippen LogP contribution in [0.4, 0.5) is 4.39 Å². The Morgan fingerprint density at radius 1 is 1.07 bits per heavy atom. The predicted molar refractivity (Wildman–Crippen MR) is 101 cm³/mol. The van der Waals surface area contributed by atoms with Gasteiger partial charge in [-0.3, -0.25) is 9.36 Å². The third-order valence-electron chi connectivity index (χ3n) is 4.61. The van der Waals surface area contributed by atoms with E-state index in [-0.39, 0.29) is 11.4 Å². The van der Waals surface area contributed by atoms with Crippen molar-refractivity contribution in [1.82, 2.24) is 9.55 Å². The van der Waals surface area contributed by atoms with Crippen molar-refractivity contribution in [2.75, 3.05) is 0 Å². The van der Waals surface area contributed by atoms with E-state index in [1.54, 1.807) is 34.9 Å². The number of rotatable bonds is 0. The molecule has 2 aromatic carbocycles. The quantitative estimate of drug-likeness (QED) is 0.380. The van der Waals surface area contributed by atoms with E-state index < -0.39 is 0 Å². The lowest BCUT2D eigenvalue weighted by molar-refractivity contribution is 0.316. The Bertz CT molecular complexity index is 1190. The Hall–Kier alpha value is -3.46. The highest BCUT2D eigenvalue weighted by atomic mass is 19.1. The molecule has 0 saturated carbocycles. The molecule has 0 aliphatic carbocycles. The molecule has 2 heterocycles. The molecule has 0 bridgehead atoms. The van der Waals surface area contributed by atoms with Crippen LogP contribution in [0.5, 0.6) is 0 Å². The fourth-order valence-corrected chi connectivity index (χ4v) is 3.20. The number of aromatic nitrogens is 2. The molecule has 0 amide bonds. The number of hydrogen-bond acceptors (Lipinski definition) is 4. The van der Waals surface area contributed by atoms with Crippen LogP contribution in [0, 0.1) is 17.7 Å². The highest BCUT2D eigenvalue weighted by Crippen LogP contribution is 2.15. The van der Waals surface area contributed by atoms with Gasteiger partial charge in [-0.1, -0.05) is 23.1 Å². The van der Waals surface area contributed by atoms with Gasteiger partial charge >= 0.3 is 0 Å². The highest BCUT2D eigenvalue weighted by Gasteiger charge is 2.16. The molecule has 0 spiro atoms. The van der Waals surface area contributed by atoms with Crippen LogP contribution in [0.3, 0.4) is 0 Å². The van der Waals surface area contributed by atoms with Crippen LogP contribution >= 0.6 is 0 Å². The average molecular weight is 361 g/mol. The van der Waals surface area contributed by atoms with Crippen LogP contribution in [-0.4, -0.2) is 20.5 Å². The minimum absolute atomic E-state index is 0.0983. The second kappa shape index (κ2) is 7.04. The maximum Gasteiger partial charge on any atom is 0.261 e. The lowest BCUT2D eigenvalue weighted by Crippen LogP contribution is -2.24. The first-order valence-corrected chi connectivity index (χ1v) is 8.65. The Balaban J connectivity index is 1.75. The summed E-state index contributed by atoms with van der Waals surface area (Å²) in [5.41, 5.74) is 2.45. The van der Waals surface area contributed by atoms with Crippen LogP contribution in [0.15, 0.2) is 52.4 Å². The molecule has 0 radical (unpaired) electrons. The SMILES string of the molecule is O=c1c2ccc(C#Cc3cccc(F)c3)cc2nc2n1CC/C(=N/O)CC2. The van der Waals surface area contributed by atoms with E-state index >= 15 is 0 Å². The number of aryl methyl sites for hydroxylation is 1. The summed E-state index contributed by atoms with van der Waals surface area (Å²) < 4.78 is 14.9. The van der Waals surface area contributed by atoms with Gasteiger partial charge in [0.25, 0.3) is 5.56 Å². The third-order valence-corrected chi connectivity index (χ3v) is 4.61. The molecule has 1 aromatic heterocycles. The highest BCUT2D eigenvalue weighted by molar-refractivity contribution is 5.84. The minimum Gasteiger partial charge on any atom is -0.411 e. The van der Waals surface area contributed by atoms with Crippen LogP contribution < -0.4 is 5.56 Å². The van der Waals surface area contributed by atoms with E-state index in [1.165, 1.54) is 12.1 Å². The number of fused-ring (bicyclic) bond motifs is 2. The first-order valence-electron chi connectivity index (χ1n) is 8.65. The van der Waals surface area contributed by atoms with Crippen molar-refractivity contribution in [1.29, 1.82) is 0 Å². The Kier molecular flexibility index (Phi) is 4.43. The summed E-state index contributed by atoms with van der Waals surface area (Å²) in [7, 11) is 0. The largest absolute Gasteiger partial charge is 0.411 e. The van der Waals surface area contributed by atoms with Crippen molar-refractivity contribution in [2.45, 2.75) is 25.8 Å². The van der Waals surface area contributed by atoms with E-state index in [1.807, 2.05) is 0 Å². The molecule has 1 aliphatic rings. The van der Waals surface area contributed by atoms with Crippen molar-refractivity contribution >= 4 is 16.6 Å². The van der Waals surface area contributed by atoms with Crippen molar-refractivity contribution in [3.8, 4) is 11.8 Å². The molecule has 27 heavy (non-hydrogen) atoms. The maximum atomic E-state index is 13.3. The van der Waals surface area contributed by atoms with Gasteiger partial charge in [-0.2, -0.15) is 0 Å². The number of hydrogen-bond donors (Lipinski definition) is 1. The monoisotopic (exact) mass is 361 g/mol. The van der Waals surface area contributed by atoms with Gasteiger partial charge in [0.05, 0.1) is 16.6 Å². The number of halogens is 1. The fraction of sp³-hybridized carbons (Fsp3) is 0.190. The second-order valence-electron chi connectivity index (χ2n) is 6.39. The summed E-state index contributed by atoms with van der Waals surface area (Å²) in [5, 5.41) is 12.8. The molecular formula is C21H16FN3O2. The van der Waals surface area contributed by atoms with Crippen LogP contribution in [0.25, 0.3) is 10.9 Å². The van der Waals surface area contributed by atoms with Gasteiger partial charge in [0.2, 0.25) is 0 Å². The summed E-state index contributed by atoms with van der Waals surface area (Å²) >= 11 is 0. The van der Waals surface area contributed by atoms with E-state index in [0.717, 1.165) is 0 Å². The average Bonchev–Trinajstić information content (AvgIpc) is 2.89. The first-order chi connectivity index (χ1) is 13.1. The molecule has 0 atom stereocenters. The van der Waals surface area contributed by atoms with Crippen LogP contribution in [-0.2, 0) is 13.0 Å². The Morgan fingerprint density at radius 2 is 1.89 bits per heavy atom. The van der Waals surface area contributed by atoms with E-state index in [9.17, 15) is 9.18 Å². The number of nitrogens with zero attached hydrogens (tertiary/aromatic N) is 3. The predicted octanol–water partition coefficient (Wildman–Crippen LogP) is 3.10. The fourth-order valence-electron chi connectivity index (χ4n) is 3.20. The Morgan fingerprint density at radius 3 is 2.67 bits per heavy atom. The van der Waals surface area contributed by atoms with Gasteiger partial charge in [-0.05, 0) is 42.8 Å². The normalized spacial score (nSPS) is 15.1. The molecule has 3 aromatic rings. The van der Waals surface area contributed by atoms with Gasteiger partial charge in [0.15, 0.2) is 0 Å². The standard InChI is InChI=1S/C21H16FN3O2/c22-16-3-1-2-14(12-16)4-5-15-6-8-18-19(13-15)23-20-9-7-17(24-27)10-11-25(20)21(18)26/h1-3,6,8,12-13,27H,7,9-11H2/b24-17+. The summed E-state index contributed by atoms with van der Waals surface area (Å²) in [4.78, 5) is 17.4. The van der Waals surface area contributed by atoms with Crippen LogP contribution in [0.2, 0.25) is 0 Å². The molecule has 1 aliphatic heterocycles. The third kappa shape index (κ3) is 3.44. The lowest BCUT2D eigenvalue weighted by Gasteiger charge is -2.09. The van der Waals surface area contributed by atoms with Gasteiger partial charge in [0.1, 0.15) is 11.6 Å². The molecule has 0 saturated heterocycles. The van der Waals surface area contributed by atoms with Crippen molar-refractivity contribution in [3.63, 3.8) is 0 Å². The summed E-state index contributed by atoms with van der Waals surface area (Å²) in [6, 6.07) is 11.4. The summed E-state index contributed by atoms with van der Waals surface area (Å²) in [5.74, 6) is 6.26. The lowest BCUT2D eigenvalue weighted by atomic mass is 10.1. The summed E-state index contributed by atoms with van der Waals surface area (Å²) in [6.07, 6.45) is 1.66. The summed E-state index contributed by atoms with van der Waals surface area (Å²) in [6.45, 7) is 0.456.